The van der Waals surface area contributed by atoms with Crippen LogP contribution in [0, 0.1) is 11.6 Å². The molecule has 0 atom stereocenters. The van der Waals surface area contributed by atoms with Crippen LogP contribution >= 0.6 is 0 Å². The fourth-order valence-electron chi connectivity index (χ4n) is 1.80. The predicted molar refractivity (Wildman–Crippen MR) is 73.1 cm³/mol. The summed E-state index contributed by atoms with van der Waals surface area (Å²) in [7, 11) is 1.23. The second-order valence-corrected chi connectivity index (χ2v) is 4.29. The number of ether oxygens (including phenoxy) is 1. The number of aromatic hydroxyl groups is 1. The van der Waals surface area contributed by atoms with Crippen molar-refractivity contribution in [3.63, 3.8) is 0 Å². The second-order valence-electron chi connectivity index (χ2n) is 4.29. The van der Waals surface area contributed by atoms with Crippen LogP contribution in [0.5, 0.6) is 5.75 Å². The van der Waals surface area contributed by atoms with Crippen LogP contribution in [0.25, 0.3) is 0 Å². The van der Waals surface area contributed by atoms with Gasteiger partial charge in [0, 0.05) is 12.1 Å². The zero-order valence-corrected chi connectivity index (χ0v) is 11.2. The predicted octanol–water partition coefficient (Wildman–Crippen LogP) is 3.07. The molecule has 4 nitrogen and oxygen atoms in total. The van der Waals surface area contributed by atoms with Crippen molar-refractivity contribution < 1.29 is 23.4 Å². The highest BCUT2D eigenvalue weighted by Crippen LogP contribution is 2.23. The van der Waals surface area contributed by atoms with Gasteiger partial charge in [0.25, 0.3) is 0 Å². The molecule has 6 heteroatoms. The number of rotatable bonds is 4. The highest BCUT2D eigenvalue weighted by atomic mass is 19.1. The number of phenolic OH excluding ortho intramolecular Hbond substituents is 1. The molecule has 2 aromatic rings. The maximum absolute atomic E-state index is 13.7. The SMILES string of the molecule is COC(=O)c1ccc(F)c(NCc2cccc(F)c2O)c1. The molecule has 0 saturated carbocycles. The monoisotopic (exact) mass is 293 g/mol. The number of carbonyl (C=O) groups is 1. The van der Waals surface area contributed by atoms with Crippen molar-refractivity contribution in [3.05, 3.63) is 59.2 Å². The minimum atomic E-state index is -0.752. The van der Waals surface area contributed by atoms with Crippen LogP contribution in [0.1, 0.15) is 15.9 Å². The molecule has 0 radical (unpaired) electrons. The highest BCUT2D eigenvalue weighted by molar-refractivity contribution is 5.90. The van der Waals surface area contributed by atoms with Gasteiger partial charge < -0.3 is 15.2 Å². The molecule has 0 amide bonds. The number of hydrogen-bond donors (Lipinski definition) is 2. The maximum atomic E-state index is 13.7. The molecular formula is C15H13F2NO3. The summed E-state index contributed by atoms with van der Waals surface area (Å²) in [5.41, 5.74) is 0.518. The minimum Gasteiger partial charge on any atom is -0.505 e. The molecule has 0 saturated heterocycles. The van der Waals surface area contributed by atoms with Crippen LogP contribution in [0.15, 0.2) is 36.4 Å². The van der Waals surface area contributed by atoms with Crippen molar-refractivity contribution >= 4 is 11.7 Å². The summed E-state index contributed by atoms with van der Waals surface area (Å²) in [6.45, 7) is 0.00510. The summed E-state index contributed by atoms with van der Waals surface area (Å²) in [6, 6.07) is 7.78. The Bertz CT molecular complexity index is 674. The molecule has 21 heavy (non-hydrogen) atoms. The van der Waals surface area contributed by atoms with Crippen LogP contribution in [0.3, 0.4) is 0 Å². The van der Waals surface area contributed by atoms with E-state index in [9.17, 15) is 18.7 Å². The third kappa shape index (κ3) is 3.28. The second kappa shape index (κ2) is 6.21. The quantitative estimate of drug-likeness (QED) is 0.851. The van der Waals surface area contributed by atoms with Gasteiger partial charge in [-0.1, -0.05) is 12.1 Å². The maximum Gasteiger partial charge on any atom is 0.337 e. The van der Waals surface area contributed by atoms with Gasteiger partial charge in [-0.3, -0.25) is 0 Å². The van der Waals surface area contributed by atoms with E-state index in [0.717, 1.165) is 12.1 Å². The Morgan fingerprint density at radius 1 is 1.24 bits per heavy atom. The van der Waals surface area contributed by atoms with Gasteiger partial charge in [0.15, 0.2) is 11.6 Å². The summed E-state index contributed by atoms with van der Waals surface area (Å²) in [6.07, 6.45) is 0. The van der Waals surface area contributed by atoms with E-state index in [1.165, 1.54) is 31.4 Å². The van der Waals surface area contributed by atoms with Crippen LogP contribution in [-0.4, -0.2) is 18.2 Å². The van der Waals surface area contributed by atoms with Crippen LogP contribution in [0.4, 0.5) is 14.5 Å². The summed E-state index contributed by atoms with van der Waals surface area (Å²) in [5, 5.41) is 12.3. The number of para-hydroxylation sites is 1. The molecule has 0 aromatic heterocycles. The van der Waals surface area contributed by atoms with Crippen molar-refractivity contribution in [2.24, 2.45) is 0 Å². The highest BCUT2D eigenvalue weighted by Gasteiger charge is 2.11. The molecule has 2 N–H and O–H groups in total. The fraction of sp³-hybridized carbons (Fsp3) is 0.133. The van der Waals surface area contributed by atoms with E-state index in [0.29, 0.717) is 0 Å². The standard InChI is InChI=1S/C15H13F2NO3/c1-21-15(20)9-5-6-11(16)13(7-9)18-8-10-3-2-4-12(17)14(10)19/h2-7,18-19H,8H2,1H3. The van der Waals surface area contributed by atoms with Gasteiger partial charge in [-0.15, -0.1) is 0 Å². The van der Waals surface area contributed by atoms with Gasteiger partial charge in [-0.05, 0) is 24.3 Å². The zero-order valence-electron chi connectivity index (χ0n) is 11.2. The molecule has 0 fully saturated rings. The largest absolute Gasteiger partial charge is 0.505 e. The van der Waals surface area contributed by atoms with E-state index in [-0.39, 0.29) is 23.4 Å². The van der Waals surface area contributed by atoms with E-state index >= 15 is 0 Å². The number of benzene rings is 2. The van der Waals surface area contributed by atoms with E-state index in [4.69, 9.17) is 0 Å². The van der Waals surface area contributed by atoms with E-state index in [2.05, 4.69) is 10.1 Å². The molecule has 0 aliphatic carbocycles. The van der Waals surface area contributed by atoms with Gasteiger partial charge in [0.1, 0.15) is 5.82 Å². The minimum absolute atomic E-state index is 0.00510. The van der Waals surface area contributed by atoms with Gasteiger partial charge in [-0.2, -0.15) is 0 Å². The summed E-state index contributed by atoms with van der Waals surface area (Å²) in [5.74, 6) is -2.40. The van der Waals surface area contributed by atoms with Crippen molar-refractivity contribution in [1.82, 2.24) is 0 Å². The average Bonchev–Trinajstić information content (AvgIpc) is 2.49. The average molecular weight is 293 g/mol. The Balaban J connectivity index is 2.19. The first kappa shape index (κ1) is 14.8. The van der Waals surface area contributed by atoms with Crippen LogP contribution in [-0.2, 0) is 11.3 Å². The first-order chi connectivity index (χ1) is 10.0. The molecule has 0 aliphatic heterocycles. The van der Waals surface area contributed by atoms with Crippen molar-refractivity contribution in [2.75, 3.05) is 12.4 Å². The molecule has 0 unspecified atom stereocenters. The molecule has 0 bridgehead atoms. The lowest BCUT2D eigenvalue weighted by Gasteiger charge is -2.10. The third-order valence-corrected chi connectivity index (χ3v) is 2.93. The summed E-state index contributed by atoms with van der Waals surface area (Å²) >= 11 is 0. The van der Waals surface area contributed by atoms with E-state index < -0.39 is 23.4 Å². The number of carbonyl (C=O) groups excluding carboxylic acids is 1. The number of nitrogens with one attached hydrogen (secondary N) is 1. The van der Waals surface area contributed by atoms with Gasteiger partial charge >= 0.3 is 5.97 Å². The van der Waals surface area contributed by atoms with Gasteiger partial charge in [0.05, 0.1) is 18.4 Å². The normalized spacial score (nSPS) is 10.2. The molecular weight excluding hydrogens is 280 g/mol. The lowest BCUT2D eigenvalue weighted by Crippen LogP contribution is -2.06. The molecule has 2 aromatic carbocycles. The van der Waals surface area contributed by atoms with Gasteiger partial charge in [0.2, 0.25) is 0 Å². The number of phenols is 1. The molecule has 0 spiro atoms. The topological polar surface area (TPSA) is 58.6 Å². The lowest BCUT2D eigenvalue weighted by molar-refractivity contribution is 0.0600. The lowest BCUT2D eigenvalue weighted by atomic mass is 10.1. The molecule has 110 valence electrons. The zero-order chi connectivity index (χ0) is 15.4. The fourth-order valence-corrected chi connectivity index (χ4v) is 1.80. The number of hydrogen-bond acceptors (Lipinski definition) is 4. The number of methoxy groups -OCH3 is 1. The smallest absolute Gasteiger partial charge is 0.337 e. The molecule has 0 heterocycles. The van der Waals surface area contributed by atoms with Crippen molar-refractivity contribution in [3.8, 4) is 5.75 Å². The van der Waals surface area contributed by atoms with Gasteiger partial charge in [-0.25, -0.2) is 13.6 Å². The van der Waals surface area contributed by atoms with Crippen LogP contribution in [0.2, 0.25) is 0 Å². The van der Waals surface area contributed by atoms with Crippen LogP contribution < -0.4 is 5.32 Å². The Morgan fingerprint density at radius 3 is 2.71 bits per heavy atom. The van der Waals surface area contributed by atoms with E-state index in [1.54, 1.807) is 0 Å². The molecule has 2 rings (SSSR count). The summed E-state index contributed by atoms with van der Waals surface area (Å²) < 4.78 is 31.4. The Kier molecular flexibility index (Phi) is 4.37. The Morgan fingerprint density at radius 2 is 2.00 bits per heavy atom. The Labute approximate surface area is 120 Å². The van der Waals surface area contributed by atoms with Crippen molar-refractivity contribution in [1.29, 1.82) is 0 Å². The first-order valence-electron chi connectivity index (χ1n) is 6.11. The number of halogens is 2. The number of anilines is 1. The molecule has 0 aliphatic rings. The number of esters is 1. The van der Waals surface area contributed by atoms with E-state index in [1.807, 2.05) is 0 Å². The third-order valence-electron chi connectivity index (χ3n) is 2.93. The van der Waals surface area contributed by atoms with Crippen molar-refractivity contribution in [2.45, 2.75) is 6.54 Å². The first-order valence-corrected chi connectivity index (χ1v) is 6.11. The Hall–Kier alpha value is -2.63. The summed E-state index contributed by atoms with van der Waals surface area (Å²) in [4.78, 5) is 11.4.